The molecule has 1 aliphatic carbocycles. The highest BCUT2D eigenvalue weighted by molar-refractivity contribution is 5.94. The van der Waals surface area contributed by atoms with Crippen molar-refractivity contribution in [3.8, 4) is 17.3 Å². The van der Waals surface area contributed by atoms with Crippen LogP contribution in [-0.4, -0.2) is 37.2 Å². The Balaban J connectivity index is 1.43. The first kappa shape index (κ1) is 25.2. The molecule has 1 amide bonds. The van der Waals surface area contributed by atoms with Gasteiger partial charge in [0.25, 0.3) is 5.91 Å². The van der Waals surface area contributed by atoms with Gasteiger partial charge in [-0.3, -0.25) is 14.5 Å². The summed E-state index contributed by atoms with van der Waals surface area (Å²) in [6, 6.07) is 5.80. The zero-order valence-corrected chi connectivity index (χ0v) is 21.0. The van der Waals surface area contributed by atoms with Gasteiger partial charge < -0.3 is 15.8 Å². The van der Waals surface area contributed by atoms with Gasteiger partial charge in [-0.15, -0.1) is 0 Å². The first-order chi connectivity index (χ1) is 18.4. The highest BCUT2D eigenvalue weighted by atomic mass is 19.1. The van der Waals surface area contributed by atoms with Crippen molar-refractivity contribution in [3.05, 3.63) is 82.4 Å². The molecule has 0 unspecified atom stereocenters. The molecule has 4 aromatic rings. The number of amides is 1. The van der Waals surface area contributed by atoms with Crippen LogP contribution in [0.5, 0.6) is 5.75 Å². The van der Waals surface area contributed by atoms with Crippen LogP contribution in [-0.2, 0) is 13.1 Å². The Kier molecular flexibility index (Phi) is 6.99. The van der Waals surface area contributed by atoms with Gasteiger partial charge in [-0.05, 0) is 44.4 Å². The molecule has 3 N–H and O–H groups in total. The number of hydrogen-bond acceptors (Lipinski definition) is 7. The third-order valence-electron chi connectivity index (χ3n) is 6.44. The Morgan fingerprint density at radius 2 is 1.97 bits per heavy atom. The van der Waals surface area contributed by atoms with Crippen molar-refractivity contribution < 1.29 is 18.3 Å². The molecular formula is C27H27F2N7O2. The summed E-state index contributed by atoms with van der Waals surface area (Å²) in [5.74, 6) is -0.604. The standard InChI is InChI=1S/C27H27F2N7O2/c1-3-38-18-10-21(28)20(22(29)11-18)14-36-25(16-4-5-16)15(2)24(35-36)27-32-9-7-23(34-27)33-12-17-6-8-31-13-19(17)26(30)37/h6-11,13,16H,3-5,12,14H2,1-2H3,(H2,30,37)(H,32,33,34). The van der Waals surface area contributed by atoms with Crippen LogP contribution in [0.1, 0.15) is 58.4 Å². The number of halogens is 2. The number of hydrogen-bond donors (Lipinski definition) is 2. The largest absolute Gasteiger partial charge is 0.494 e. The number of pyridine rings is 1. The first-order valence-corrected chi connectivity index (χ1v) is 12.3. The molecule has 9 nitrogen and oxygen atoms in total. The normalized spacial score (nSPS) is 12.9. The van der Waals surface area contributed by atoms with Crippen LogP contribution in [0.4, 0.5) is 14.6 Å². The third-order valence-corrected chi connectivity index (χ3v) is 6.44. The van der Waals surface area contributed by atoms with Crippen molar-refractivity contribution in [1.82, 2.24) is 24.7 Å². The van der Waals surface area contributed by atoms with Gasteiger partial charge in [0, 0.05) is 60.0 Å². The average Bonchev–Trinajstić information content (AvgIpc) is 3.68. The summed E-state index contributed by atoms with van der Waals surface area (Å²) in [5.41, 5.74) is 8.72. The number of nitrogens with one attached hydrogen (secondary N) is 1. The van der Waals surface area contributed by atoms with E-state index < -0.39 is 17.5 Å². The first-order valence-electron chi connectivity index (χ1n) is 12.3. The number of benzene rings is 1. The molecule has 11 heteroatoms. The summed E-state index contributed by atoms with van der Waals surface area (Å²) < 4.78 is 36.6. The van der Waals surface area contributed by atoms with Gasteiger partial charge in [0.05, 0.1) is 18.7 Å². The SMILES string of the molecule is CCOc1cc(F)c(Cn2nc(-c3nccc(NCc4ccncc4C(N)=O)n3)c(C)c2C2CC2)c(F)c1. The zero-order chi connectivity index (χ0) is 26.8. The smallest absolute Gasteiger partial charge is 0.250 e. The van der Waals surface area contributed by atoms with Gasteiger partial charge >= 0.3 is 0 Å². The second-order valence-corrected chi connectivity index (χ2v) is 9.11. The van der Waals surface area contributed by atoms with E-state index in [9.17, 15) is 13.6 Å². The second-order valence-electron chi connectivity index (χ2n) is 9.11. The molecule has 0 aliphatic heterocycles. The van der Waals surface area contributed by atoms with E-state index in [1.165, 1.54) is 18.3 Å². The maximum absolute atomic E-state index is 14.8. The summed E-state index contributed by atoms with van der Waals surface area (Å²) in [5, 5.41) is 7.88. The minimum atomic E-state index is -0.682. The van der Waals surface area contributed by atoms with Crippen LogP contribution in [0.2, 0.25) is 0 Å². The number of rotatable bonds is 10. The molecule has 0 atom stereocenters. The average molecular weight is 520 g/mol. The Morgan fingerprint density at radius 3 is 2.66 bits per heavy atom. The Hall–Kier alpha value is -4.41. The Morgan fingerprint density at radius 1 is 1.21 bits per heavy atom. The Bertz CT molecular complexity index is 1480. The van der Waals surface area contributed by atoms with Crippen LogP contribution in [0, 0.1) is 18.6 Å². The van der Waals surface area contributed by atoms with E-state index in [2.05, 4.69) is 20.3 Å². The summed E-state index contributed by atoms with van der Waals surface area (Å²) in [6.07, 6.45) is 6.58. The highest BCUT2D eigenvalue weighted by Gasteiger charge is 2.32. The minimum Gasteiger partial charge on any atom is -0.494 e. The molecular weight excluding hydrogens is 492 g/mol. The molecule has 196 valence electrons. The van der Waals surface area contributed by atoms with Crippen molar-refractivity contribution in [2.24, 2.45) is 5.73 Å². The lowest BCUT2D eigenvalue weighted by Gasteiger charge is -2.11. The van der Waals surface area contributed by atoms with Crippen molar-refractivity contribution in [1.29, 1.82) is 0 Å². The number of aromatic nitrogens is 5. The fourth-order valence-electron chi connectivity index (χ4n) is 4.46. The van der Waals surface area contributed by atoms with E-state index in [1.54, 1.807) is 36.1 Å². The highest BCUT2D eigenvalue weighted by Crippen LogP contribution is 2.43. The summed E-state index contributed by atoms with van der Waals surface area (Å²) >= 11 is 0. The quantitative estimate of drug-likeness (QED) is 0.319. The predicted molar refractivity (Wildman–Crippen MR) is 137 cm³/mol. The van der Waals surface area contributed by atoms with Crippen molar-refractivity contribution in [2.75, 3.05) is 11.9 Å². The fourth-order valence-corrected chi connectivity index (χ4v) is 4.46. The molecule has 0 saturated heterocycles. The topological polar surface area (TPSA) is 121 Å². The number of nitrogens with two attached hydrogens (primary N) is 1. The van der Waals surface area contributed by atoms with Crippen LogP contribution in [0.3, 0.4) is 0 Å². The van der Waals surface area contributed by atoms with Crippen molar-refractivity contribution >= 4 is 11.7 Å². The molecule has 1 aromatic carbocycles. The van der Waals surface area contributed by atoms with E-state index in [1.807, 2.05) is 6.92 Å². The van der Waals surface area contributed by atoms with Gasteiger partial charge in [-0.1, -0.05) is 0 Å². The van der Waals surface area contributed by atoms with Gasteiger partial charge in [-0.25, -0.2) is 18.7 Å². The number of carbonyl (C=O) groups is 1. The molecule has 0 radical (unpaired) electrons. The molecule has 38 heavy (non-hydrogen) atoms. The van der Waals surface area contributed by atoms with Gasteiger partial charge in [0.15, 0.2) is 5.82 Å². The van der Waals surface area contributed by atoms with Gasteiger partial charge in [0.2, 0.25) is 0 Å². The molecule has 0 bridgehead atoms. The molecule has 5 rings (SSSR count). The maximum atomic E-state index is 14.8. The molecule has 0 spiro atoms. The lowest BCUT2D eigenvalue weighted by Crippen LogP contribution is -2.16. The van der Waals surface area contributed by atoms with Crippen molar-refractivity contribution in [3.63, 3.8) is 0 Å². The molecule has 3 aromatic heterocycles. The summed E-state index contributed by atoms with van der Waals surface area (Å²) in [7, 11) is 0. The number of ether oxygens (including phenoxy) is 1. The number of anilines is 1. The van der Waals surface area contributed by atoms with E-state index in [4.69, 9.17) is 15.6 Å². The molecule has 1 aliphatic rings. The van der Waals surface area contributed by atoms with E-state index in [0.717, 1.165) is 24.1 Å². The lowest BCUT2D eigenvalue weighted by atomic mass is 10.1. The molecule has 3 heterocycles. The van der Waals surface area contributed by atoms with E-state index in [0.29, 0.717) is 41.6 Å². The summed E-state index contributed by atoms with van der Waals surface area (Å²) in [6.45, 7) is 4.23. The fraction of sp³-hybridized carbons (Fsp3) is 0.296. The monoisotopic (exact) mass is 519 g/mol. The summed E-state index contributed by atoms with van der Waals surface area (Å²) in [4.78, 5) is 24.6. The number of primary amides is 1. The van der Waals surface area contributed by atoms with Crippen LogP contribution in [0.25, 0.3) is 11.5 Å². The van der Waals surface area contributed by atoms with E-state index in [-0.39, 0.29) is 23.8 Å². The van der Waals surface area contributed by atoms with Gasteiger partial charge in [0.1, 0.15) is 28.9 Å². The van der Waals surface area contributed by atoms with Crippen LogP contribution in [0.15, 0.2) is 42.9 Å². The van der Waals surface area contributed by atoms with Crippen molar-refractivity contribution in [2.45, 2.75) is 45.7 Å². The number of carbonyl (C=O) groups excluding carboxylic acids is 1. The zero-order valence-electron chi connectivity index (χ0n) is 21.0. The van der Waals surface area contributed by atoms with Gasteiger partial charge in [-0.2, -0.15) is 5.10 Å². The predicted octanol–water partition coefficient (Wildman–Crippen LogP) is 4.36. The maximum Gasteiger partial charge on any atom is 0.250 e. The minimum absolute atomic E-state index is 0.0629. The number of nitrogens with zero attached hydrogens (tertiary/aromatic N) is 5. The molecule has 1 saturated carbocycles. The second kappa shape index (κ2) is 10.5. The van der Waals surface area contributed by atoms with E-state index >= 15 is 0 Å². The lowest BCUT2D eigenvalue weighted by molar-refractivity contribution is 0.0999. The third kappa shape index (κ3) is 5.17. The van der Waals surface area contributed by atoms with Crippen LogP contribution >= 0.6 is 0 Å². The van der Waals surface area contributed by atoms with Crippen LogP contribution < -0.4 is 15.8 Å². The Labute approximate surface area is 218 Å². The molecule has 1 fully saturated rings.